The van der Waals surface area contributed by atoms with Crippen LogP contribution in [-0.4, -0.2) is 32.7 Å². The number of hydrogen-bond acceptors (Lipinski definition) is 3. The van der Waals surface area contributed by atoms with E-state index in [2.05, 4.69) is 23.5 Å². The number of anilines is 1. The lowest BCUT2D eigenvalue weighted by Gasteiger charge is -2.30. The van der Waals surface area contributed by atoms with E-state index in [4.69, 9.17) is 9.47 Å². The van der Waals surface area contributed by atoms with E-state index in [1.165, 1.54) is 21.4 Å². The maximum Gasteiger partial charge on any atom is 0.282 e. The molecule has 29 heavy (non-hydrogen) atoms. The Balaban J connectivity index is 1.48. The zero-order chi connectivity index (χ0) is 20.4. The van der Waals surface area contributed by atoms with E-state index in [9.17, 15) is 4.79 Å². The van der Waals surface area contributed by atoms with Gasteiger partial charge in [-0.1, -0.05) is 30.3 Å². The summed E-state index contributed by atoms with van der Waals surface area (Å²) in [4.78, 5) is 14.2. The van der Waals surface area contributed by atoms with Gasteiger partial charge in [-0.2, -0.15) is 0 Å². The predicted octanol–water partition coefficient (Wildman–Crippen LogP) is 2.83. The Labute approximate surface area is 171 Å². The summed E-state index contributed by atoms with van der Waals surface area (Å²) in [5, 5.41) is 5.38. The van der Waals surface area contributed by atoms with Crippen LogP contribution in [0.4, 0.5) is 5.69 Å². The van der Waals surface area contributed by atoms with Gasteiger partial charge < -0.3 is 19.7 Å². The second-order valence-corrected chi connectivity index (χ2v) is 7.58. The second kappa shape index (κ2) is 8.13. The fraction of sp³-hybridized carbons (Fsp3) is 0.292. The third-order valence-corrected chi connectivity index (χ3v) is 5.86. The van der Waals surface area contributed by atoms with Gasteiger partial charge in [0.25, 0.3) is 5.91 Å². The van der Waals surface area contributed by atoms with Crippen LogP contribution in [0.5, 0.6) is 11.5 Å². The van der Waals surface area contributed by atoms with Gasteiger partial charge in [0.1, 0.15) is 6.54 Å². The maximum absolute atomic E-state index is 12.9. The van der Waals surface area contributed by atoms with Crippen LogP contribution in [0.15, 0.2) is 54.6 Å². The van der Waals surface area contributed by atoms with Gasteiger partial charge in [-0.15, -0.1) is 0 Å². The lowest BCUT2D eigenvalue weighted by Crippen LogP contribution is -3.16. The van der Waals surface area contributed by atoms with Crippen LogP contribution in [0.25, 0.3) is 10.8 Å². The summed E-state index contributed by atoms with van der Waals surface area (Å²) in [6.07, 6.45) is 0.915. The van der Waals surface area contributed by atoms with Crippen LogP contribution >= 0.6 is 0 Å². The van der Waals surface area contributed by atoms with Gasteiger partial charge in [-0.25, -0.2) is 0 Å². The van der Waals surface area contributed by atoms with Crippen LogP contribution in [0, 0.1) is 0 Å². The van der Waals surface area contributed by atoms with Crippen molar-refractivity contribution in [3.8, 4) is 11.5 Å². The minimum atomic E-state index is -0.150. The van der Waals surface area contributed by atoms with Crippen molar-refractivity contribution < 1.29 is 19.2 Å². The van der Waals surface area contributed by atoms with E-state index in [1.54, 1.807) is 14.2 Å². The third-order valence-electron chi connectivity index (χ3n) is 5.86. The average molecular weight is 391 g/mol. The molecule has 0 bridgehead atoms. The first-order valence-electron chi connectivity index (χ1n) is 9.97. The van der Waals surface area contributed by atoms with E-state index >= 15 is 0 Å². The number of carbonyl (C=O) groups excluding carboxylic acids is 1. The fourth-order valence-corrected chi connectivity index (χ4v) is 4.06. The minimum absolute atomic E-state index is 0.0409. The molecule has 2 N–H and O–H groups in total. The van der Waals surface area contributed by atoms with Crippen LogP contribution < -0.4 is 19.7 Å². The molecule has 0 spiro atoms. The highest BCUT2D eigenvalue weighted by atomic mass is 16.5. The van der Waals surface area contributed by atoms with E-state index in [0.717, 1.165) is 42.1 Å². The van der Waals surface area contributed by atoms with Crippen molar-refractivity contribution >= 4 is 22.4 Å². The third kappa shape index (κ3) is 3.91. The van der Waals surface area contributed by atoms with E-state index < -0.39 is 0 Å². The standard InChI is InChI=1S/C24H26N2O3/c1-16(24(27)25-21-9-8-17-6-4-5-7-18(17)12-21)26-11-10-19-13-22(28-2)23(29-3)14-20(19)15-26/h4-9,12-14,16H,10-11,15H2,1-3H3,(H,25,27)/p+1/t16-/m1/s1. The fourth-order valence-electron chi connectivity index (χ4n) is 4.06. The minimum Gasteiger partial charge on any atom is -0.493 e. The van der Waals surface area contributed by atoms with Gasteiger partial charge in [0.2, 0.25) is 0 Å². The van der Waals surface area contributed by atoms with Crippen molar-refractivity contribution in [2.45, 2.75) is 25.9 Å². The summed E-state index contributed by atoms with van der Waals surface area (Å²) >= 11 is 0. The van der Waals surface area contributed by atoms with E-state index in [-0.39, 0.29) is 11.9 Å². The van der Waals surface area contributed by atoms with Crippen LogP contribution in [-0.2, 0) is 17.8 Å². The summed E-state index contributed by atoms with van der Waals surface area (Å²) < 4.78 is 10.9. The zero-order valence-electron chi connectivity index (χ0n) is 17.1. The SMILES string of the molecule is COc1cc2c(cc1OC)C[NH+]([C@H](C)C(=O)Nc1ccc3ccccc3c1)CC2. The summed E-state index contributed by atoms with van der Waals surface area (Å²) in [5.41, 5.74) is 3.33. The number of methoxy groups -OCH3 is 2. The van der Waals surface area contributed by atoms with Crippen molar-refractivity contribution in [2.75, 3.05) is 26.1 Å². The first-order valence-corrected chi connectivity index (χ1v) is 9.97. The van der Waals surface area contributed by atoms with Gasteiger partial charge in [0.15, 0.2) is 17.5 Å². The van der Waals surface area contributed by atoms with Crippen molar-refractivity contribution in [2.24, 2.45) is 0 Å². The summed E-state index contributed by atoms with van der Waals surface area (Å²) in [6.45, 7) is 3.70. The number of hydrogen-bond donors (Lipinski definition) is 2. The molecule has 5 heteroatoms. The molecule has 150 valence electrons. The molecule has 3 aromatic carbocycles. The lowest BCUT2D eigenvalue weighted by molar-refractivity contribution is -0.929. The normalized spacial score (nSPS) is 16.7. The Hall–Kier alpha value is -3.05. The first kappa shape index (κ1) is 19.3. The Kier molecular flexibility index (Phi) is 5.41. The number of carbonyl (C=O) groups is 1. The zero-order valence-corrected chi connectivity index (χ0v) is 17.1. The second-order valence-electron chi connectivity index (χ2n) is 7.58. The van der Waals surface area contributed by atoms with Crippen LogP contribution in [0.2, 0.25) is 0 Å². The van der Waals surface area contributed by atoms with Gasteiger partial charge in [0.05, 0.1) is 20.8 Å². The number of amides is 1. The molecule has 0 aliphatic carbocycles. The maximum atomic E-state index is 12.9. The number of fused-ring (bicyclic) bond motifs is 2. The molecule has 0 saturated heterocycles. The number of ether oxygens (including phenoxy) is 2. The molecule has 1 aliphatic rings. The van der Waals surface area contributed by atoms with E-state index in [1.807, 2.05) is 43.3 Å². The first-order chi connectivity index (χ1) is 14.1. The van der Waals surface area contributed by atoms with Crippen LogP contribution in [0.3, 0.4) is 0 Å². The number of rotatable bonds is 5. The molecule has 0 radical (unpaired) electrons. The van der Waals surface area contributed by atoms with Crippen LogP contribution in [0.1, 0.15) is 18.1 Å². The summed E-state index contributed by atoms with van der Waals surface area (Å²) in [6, 6.07) is 18.1. The molecule has 3 aromatic rings. The van der Waals surface area contributed by atoms with Crippen molar-refractivity contribution in [1.29, 1.82) is 0 Å². The Morgan fingerprint density at radius 2 is 1.66 bits per heavy atom. The predicted molar refractivity (Wildman–Crippen MR) is 115 cm³/mol. The van der Waals surface area contributed by atoms with Crippen molar-refractivity contribution in [3.63, 3.8) is 0 Å². The molecule has 1 aliphatic heterocycles. The Bertz CT molecular complexity index is 1050. The monoisotopic (exact) mass is 391 g/mol. The highest BCUT2D eigenvalue weighted by Gasteiger charge is 2.30. The molecule has 0 aromatic heterocycles. The smallest absolute Gasteiger partial charge is 0.282 e. The largest absolute Gasteiger partial charge is 0.493 e. The van der Waals surface area contributed by atoms with E-state index in [0.29, 0.717) is 0 Å². The molecular formula is C24H27N2O3+. The highest BCUT2D eigenvalue weighted by Crippen LogP contribution is 2.31. The quantitative estimate of drug-likeness (QED) is 0.703. The highest BCUT2D eigenvalue weighted by molar-refractivity contribution is 5.96. The number of benzene rings is 3. The molecular weight excluding hydrogens is 364 g/mol. The molecule has 2 atom stereocenters. The van der Waals surface area contributed by atoms with Gasteiger partial charge >= 0.3 is 0 Å². The number of nitrogens with one attached hydrogen (secondary N) is 2. The summed E-state index contributed by atoms with van der Waals surface area (Å²) in [7, 11) is 3.31. The molecule has 5 nitrogen and oxygen atoms in total. The summed E-state index contributed by atoms with van der Waals surface area (Å²) in [5.74, 6) is 1.54. The lowest BCUT2D eigenvalue weighted by atomic mass is 9.97. The Morgan fingerprint density at radius 3 is 2.38 bits per heavy atom. The molecule has 1 unspecified atom stereocenters. The van der Waals surface area contributed by atoms with Gasteiger partial charge in [-0.3, -0.25) is 4.79 Å². The number of quaternary nitrogens is 1. The molecule has 0 saturated carbocycles. The van der Waals surface area contributed by atoms with Gasteiger partial charge in [-0.05, 0) is 47.5 Å². The topological polar surface area (TPSA) is 52.0 Å². The Morgan fingerprint density at radius 1 is 0.966 bits per heavy atom. The van der Waals surface area contributed by atoms with Crippen molar-refractivity contribution in [1.82, 2.24) is 0 Å². The molecule has 0 fully saturated rings. The average Bonchev–Trinajstić information content (AvgIpc) is 2.77. The van der Waals surface area contributed by atoms with Gasteiger partial charge in [0, 0.05) is 17.7 Å². The molecule has 4 rings (SSSR count). The molecule has 1 amide bonds. The molecule has 1 heterocycles. The van der Waals surface area contributed by atoms with Crippen molar-refractivity contribution in [3.05, 3.63) is 65.7 Å².